The molecule has 0 aliphatic heterocycles. The molecular formula is C48H27NO2S2. The zero-order chi connectivity index (χ0) is 34.6. The van der Waals surface area contributed by atoms with Crippen molar-refractivity contribution in [3.63, 3.8) is 0 Å². The molecule has 0 aliphatic carbocycles. The van der Waals surface area contributed by atoms with E-state index in [1.807, 2.05) is 34.8 Å². The maximum atomic E-state index is 6.66. The summed E-state index contributed by atoms with van der Waals surface area (Å²) in [6, 6.07) is 58.6. The minimum Gasteiger partial charge on any atom is -0.456 e. The van der Waals surface area contributed by atoms with E-state index in [2.05, 4.69) is 157 Å². The molecule has 0 spiro atoms. The number of nitrogens with zero attached hydrogens (tertiary/aromatic N) is 1. The minimum absolute atomic E-state index is 0.879. The van der Waals surface area contributed by atoms with Crippen LogP contribution in [0.5, 0.6) is 0 Å². The van der Waals surface area contributed by atoms with Crippen LogP contribution in [0.3, 0.4) is 0 Å². The highest BCUT2D eigenvalue weighted by atomic mass is 32.1. The van der Waals surface area contributed by atoms with Gasteiger partial charge in [0.05, 0.1) is 16.1 Å². The molecule has 0 radical (unpaired) electrons. The first kappa shape index (κ1) is 29.2. The van der Waals surface area contributed by atoms with Crippen LogP contribution in [0.4, 0.5) is 17.1 Å². The SMILES string of the molecule is c1ccc2c(c1)oc1c(N(c3ccc(-c4cccc5c4sc4c5ccc5oc6ccccc6c54)cc3)c3cccc4c3sc3ccccc34)cccc12. The number of furan rings is 2. The summed E-state index contributed by atoms with van der Waals surface area (Å²) in [6.45, 7) is 0. The molecule has 3 nitrogen and oxygen atoms in total. The summed E-state index contributed by atoms with van der Waals surface area (Å²) >= 11 is 3.71. The summed E-state index contributed by atoms with van der Waals surface area (Å²) in [5.41, 5.74) is 9.26. The van der Waals surface area contributed by atoms with E-state index in [-0.39, 0.29) is 0 Å². The molecule has 0 fully saturated rings. The summed E-state index contributed by atoms with van der Waals surface area (Å²) in [5, 5.41) is 9.68. The Morgan fingerprint density at radius 2 is 1.02 bits per heavy atom. The Morgan fingerprint density at radius 1 is 0.377 bits per heavy atom. The average Bonchev–Trinajstić information content (AvgIpc) is 3.98. The van der Waals surface area contributed by atoms with Crippen LogP contribution in [-0.2, 0) is 0 Å². The molecular weight excluding hydrogens is 687 g/mol. The van der Waals surface area contributed by atoms with Crippen molar-refractivity contribution in [2.45, 2.75) is 0 Å². The highest BCUT2D eigenvalue weighted by molar-refractivity contribution is 7.27. The highest BCUT2D eigenvalue weighted by Crippen LogP contribution is 2.49. The van der Waals surface area contributed by atoms with E-state index < -0.39 is 0 Å². The standard InChI is InChI=1S/C48H27NO2S2/c1-4-19-40-31(10-1)33-14-8-17-38(45(33)51-40)49(39-18-9-16-34-32-11-3-6-21-43(32)52-47(34)39)29-24-22-28(23-25-29)30-13-7-15-35-36-26-27-42-44(48(36)53-46(30)35)37-12-2-5-20-41(37)50-42/h1-27H. The van der Waals surface area contributed by atoms with Crippen LogP contribution in [0.25, 0.3) is 95.3 Å². The van der Waals surface area contributed by atoms with E-state index in [0.717, 1.165) is 50.2 Å². The van der Waals surface area contributed by atoms with Crippen LogP contribution in [0.15, 0.2) is 173 Å². The van der Waals surface area contributed by atoms with Gasteiger partial charge in [-0.3, -0.25) is 0 Å². The molecule has 248 valence electrons. The van der Waals surface area contributed by atoms with E-state index >= 15 is 0 Å². The van der Waals surface area contributed by atoms with Gasteiger partial charge >= 0.3 is 0 Å². The molecule has 8 aromatic carbocycles. The predicted molar refractivity (Wildman–Crippen MR) is 227 cm³/mol. The maximum Gasteiger partial charge on any atom is 0.159 e. The van der Waals surface area contributed by atoms with Gasteiger partial charge in [0, 0.05) is 62.9 Å². The molecule has 53 heavy (non-hydrogen) atoms. The molecule has 5 heteroatoms. The molecule has 12 rings (SSSR count). The van der Waals surface area contributed by atoms with Crippen molar-refractivity contribution in [1.82, 2.24) is 0 Å². The molecule has 0 unspecified atom stereocenters. The topological polar surface area (TPSA) is 29.5 Å². The first-order chi connectivity index (χ1) is 26.3. The van der Waals surface area contributed by atoms with Gasteiger partial charge in [-0.15, -0.1) is 22.7 Å². The number of hydrogen-bond donors (Lipinski definition) is 0. The second kappa shape index (κ2) is 11.1. The lowest BCUT2D eigenvalue weighted by Crippen LogP contribution is -2.10. The number of rotatable bonds is 4. The van der Waals surface area contributed by atoms with Gasteiger partial charge < -0.3 is 13.7 Å². The largest absolute Gasteiger partial charge is 0.456 e. The van der Waals surface area contributed by atoms with E-state index in [1.54, 1.807) is 0 Å². The van der Waals surface area contributed by atoms with Gasteiger partial charge in [0.2, 0.25) is 0 Å². The Hall–Kier alpha value is -6.40. The lowest BCUT2D eigenvalue weighted by atomic mass is 10.0. The lowest BCUT2D eigenvalue weighted by Gasteiger charge is -2.26. The molecule has 0 atom stereocenters. The Morgan fingerprint density at radius 3 is 1.87 bits per heavy atom. The van der Waals surface area contributed by atoms with Crippen molar-refractivity contribution in [3.8, 4) is 11.1 Å². The second-order valence-corrected chi connectivity index (χ2v) is 15.7. The average molecular weight is 714 g/mol. The van der Waals surface area contributed by atoms with Crippen molar-refractivity contribution >= 4 is 124 Å². The van der Waals surface area contributed by atoms with Gasteiger partial charge in [0.25, 0.3) is 0 Å². The quantitative estimate of drug-likeness (QED) is 0.182. The van der Waals surface area contributed by atoms with Gasteiger partial charge in [-0.05, 0) is 65.7 Å². The lowest BCUT2D eigenvalue weighted by molar-refractivity contribution is 0.669. The van der Waals surface area contributed by atoms with Crippen LogP contribution < -0.4 is 4.90 Å². The van der Waals surface area contributed by atoms with Crippen molar-refractivity contribution in [3.05, 3.63) is 164 Å². The Bertz CT molecular complexity index is 3300. The van der Waals surface area contributed by atoms with Gasteiger partial charge in [-0.25, -0.2) is 0 Å². The maximum absolute atomic E-state index is 6.66. The van der Waals surface area contributed by atoms with Gasteiger partial charge in [0.15, 0.2) is 5.58 Å². The number of thiophene rings is 2. The minimum atomic E-state index is 0.879. The van der Waals surface area contributed by atoms with Crippen LogP contribution in [0.1, 0.15) is 0 Å². The monoisotopic (exact) mass is 713 g/mol. The van der Waals surface area contributed by atoms with E-state index in [1.165, 1.54) is 62.2 Å². The summed E-state index contributed by atoms with van der Waals surface area (Å²) in [7, 11) is 0. The number of benzene rings is 8. The summed E-state index contributed by atoms with van der Waals surface area (Å²) in [5.74, 6) is 0. The van der Waals surface area contributed by atoms with Crippen LogP contribution in [-0.4, -0.2) is 0 Å². The van der Waals surface area contributed by atoms with Crippen LogP contribution >= 0.6 is 22.7 Å². The van der Waals surface area contributed by atoms with Crippen molar-refractivity contribution in [1.29, 1.82) is 0 Å². The van der Waals surface area contributed by atoms with Crippen molar-refractivity contribution in [2.75, 3.05) is 4.90 Å². The first-order valence-electron chi connectivity index (χ1n) is 17.7. The summed E-state index contributed by atoms with van der Waals surface area (Å²) in [6.07, 6.45) is 0. The van der Waals surface area contributed by atoms with Gasteiger partial charge in [0.1, 0.15) is 16.7 Å². The van der Waals surface area contributed by atoms with Crippen LogP contribution in [0.2, 0.25) is 0 Å². The molecule has 0 aliphatic rings. The van der Waals surface area contributed by atoms with Crippen molar-refractivity contribution < 1.29 is 8.83 Å². The smallest absolute Gasteiger partial charge is 0.159 e. The summed E-state index contributed by atoms with van der Waals surface area (Å²) in [4.78, 5) is 2.38. The number of hydrogen-bond acceptors (Lipinski definition) is 5. The van der Waals surface area contributed by atoms with Gasteiger partial charge in [-0.2, -0.15) is 0 Å². The molecule has 4 aromatic heterocycles. The molecule has 0 bridgehead atoms. The molecule has 4 heterocycles. The second-order valence-electron chi connectivity index (χ2n) is 13.6. The number of anilines is 3. The molecule has 0 saturated heterocycles. The zero-order valence-electron chi connectivity index (χ0n) is 28.2. The van der Waals surface area contributed by atoms with E-state index in [9.17, 15) is 0 Å². The van der Waals surface area contributed by atoms with Gasteiger partial charge in [-0.1, -0.05) is 109 Å². The fourth-order valence-corrected chi connectivity index (χ4v) is 10.9. The third-order valence-electron chi connectivity index (χ3n) is 10.7. The molecule has 0 N–H and O–H groups in total. The Balaban J connectivity index is 1.06. The fraction of sp³-hybridized carbons (Fsp3) is 0. The number of fused-ring (bicyclic) bond motifs is 13. The molecule has 0 amide bonds. The Labute approximate surface area is 311 Å². The predicted octanol–water partition coefficient (Wildman–Crippen LogP) is 15.4. The summed E-state index contributed by atoms with van der Waals surface area (Å²) < 4.78 is 18.0. The normalized spacial score (nSPS) is 12.2. The fourth-order valence-electron chi connectivity index (χ4n) is 8.31. The van der Waals surface area contributed by atoms with Crippen molar-refractivity contribution in [2.24, 2.45) is 0 Å². The van der Waals surface area contributed by atoms with E-state index in [0.29, 0.717) is 0 Å². The molecule has 12 aromatic rings. The number of para-hydroxylation sites is 3. The zero-order valence-corrected chi connectivity index (χ0v) is 29.8. The Kier molecular flexibility index (Phi) is 6.09. The highest BCUT2D eigenvalue weighted by Gasteiger charge is 2.23. The van der Waals surface area contributed by atoms with Crippen LogP contribution in [0, 0.1) is 0 Å². The third kappa shape index (κ3) is 4.20. The van der Waals surface area contributed by atoms with E-state index in [4.69, 9.17) is 8.83 Å². The third-order valence-corrected chi connectivity index (χ3v) is 13.2. The molecule has 0 saturated carbocycles. The first-order valence-corrected chi connectivity index (χ1v) is 19.4.